The number of aromatic nitrogens is 1. The van der Waals surface area contributed by atoms with Gasteiger partial charge in [0.1, 0.15) is 0 Å². The maximum atomic E-state index is 12.5. The molecule has 1 saturated carbocycles. The van der Waals surface area contributed by atoms with Crippen LogP contribution in [-0.2, 0) is 21.2 Å². The van der Waals surface area contributed by atoms with Crippen molar-refractivity contribution >= 4 is 26.6 Å². The summed E-state index contributed by atoms with van der Waals surface area (Å²) in [7, 11) is -3.21. The van der Waals surface area contributed by atoms with Crippen LogP contribution in [0, 0.1) is 5.92 Å². The van der Waals surface area contributed by atoms with Gasteiger partial charge in [-0.15, -0.1) is 0 Å². The largest absolute Gasteiger partial charge is 0.481 e. The fraction of sp³-hybridized carbons (Fsp3) is 0.474. The molecule has 1 atom stereocenters. The molecule has 1 aliphatic heterocycles. The van der Waals surface area contributed by atoms with Gasteiger partial charge in [-0.1, -0.05) is 18.2 Å². The molecule has 2 N–H and O–H groups in total. The summed E-state index contributed by atoms with van der Waals surface area (Å²) >= 11 is 0. The van der Waals surface area contributed by atoms with Gasteiger partial charge in [-0.05, 0) is 42.7 Å². The molecule has 1 spiro atoms. The van der Waals surface area contributed by atoms with Crippen molar-refractivity contribution in [3.8, 4) is 0 Å². The second-order valence-electron chi connectivity index (χ2n) is 7.53. The Morgan fingerprint density at radius 2 is 2.08 bits per heavy atom. The van der Waals surface area contributed by atoms with Gasteiger partial charge < -0.3 is 10.4 Å². The molecule has 2 heterocycles. The standard InChI is InChI=1S/C19H22N2O4S/c22-18(23)15-8-19(9-15)10-16(5-7-26(19,24)25)21-12-14-3-1-2-13-11-20-6-4-17(13)14/h1-4,6,11,15-16,21H,5,7-10,12H2,(H,22,23). The van der Waals surface area contributed by atoms with Crippen LogP contribution in [0.1, 0.15) is 31.2 Å². The van der Waals surface area contributed by atoms with E-state index in [2.05, 4.69) is 16.4 Å². The van der Waals surface area contributed by atoms with Gasteiger partial charge in [0.15, 0.2) is 9.84 Å². The molecule has 1 saturated heterocycles. The third-order valence-electron chi connectivity index (χ3n) is 5.95. The molecule has 0 radical (unpaired) electrons. The van der Waals surface area contributed by atoms with Crippen molar-refractivity contribution in [2.24, 2.45) is 5.92 Å². The van der Waals surface area contributed by atoms with Gasteiger partial charge in [-0.3, -0.25) is 9.78 Å². The molecule has 2 fully saturated rings. The zero-order chi connectivity index (χ0) is 18.4. The van der Waals surface area contributed by atoms with E-state index in [-0.39, 0.29) is 24.6 Å². The fourth-order valence-corrected chi connectivity index (χ4v) is 6.79. The zero-order valence-corrected chi connectivity index (χ0v) is 15.2. The molecular formula is C19H22N2O4S. The van der Waals surface area contributed by atoms with Crippen molar-refractivity contribution in [3.05, 3.63) is 42.2 Å². The van der Waals surface area contributed by atoms with Gasteiger partial charge in [0.25, 0.3) is 0 Å². The van der Waals surface area contributed by atoms with Crippen LogP contribution in [0.2, 0.25) is 0 Å². The molecule has 138 valence electrons. The van der Waals surface area contributed by atoms with Gasteiger partial charge in [0, 0.05) is 30.4 Å². The third kappa shape index (κ3) is 2.89. The lowest BCUT2D eigenvalue weighted by Crippen LogP contribution is -2.59. The number of pyridine rings is 1. The average Bonchev–Trinajstić information content (AvgIpc) is 2.58. The molecule has 1 unspecified atom stereocenters. The first kappa shape index (κ1) is 17.4. The summed E-state index contributed by atoms with van der Waals surface area (Å²) in [5.74, 6) is -1.27. The van der Waals surface area contributed by atoms with Gasteiger partial charge in [0.05, 0.1) is 16.4 Å². The smallest absolute Gasteiger partial charge is 0.306 e. The summed E-state index contributed by atoms with van der Waals surface area (Å²) in [6, 6.07) is 8.16. The number of sulfone groups is 1. The Morgan fingerprint density at radius 3 is 2.85 bits per heavy atom. The molecule has 7 heteroatoms. The van der Waals surface area contributed by atoms with Gasteiger partial charge in [-0.25, -0.2) is 8.42 Å². The Morgan fingerprint density at radius 1 is 1.27 bits per heavy atom. The van der Waals surface area contributed by atoms with Crippen LogP contribution in [-0.4, -0.2) is 41.0 Å². The predicted molar refractivity (Wildman–Crippen MR) is 98.5 cm³/mol. The van der Waals surface area contributed by atoms with Crippen molar-refractivity contribution in [1.82, 2.24) is 10.3 Å². The molecule has 4 rings (SSSR count). The van der Waals surface area contributed by atoms with E-state index in [1.165, 1.54) is 0 Å². The summed E-state index contributed by atoms with van der Waals surface area (Å²) in [5.41, 5.74) is 1.16. The lowest BCUT2D eigenvalue weighted by molar-refractivity contribution is -0.145. The van der Waals surface area contributed by atoms with E-state index in [1.54, 1.807) is 6.20 Å². The number of fused-ring (bicyclic) bond motifs is 1. The molecule has 6 nitrogen and oxygen atoms in total. The van der Waals surface area contributed by atoms with Crippen LogP contribution in [0.5, 0.6) is 0 Å². The first-order chi connectivity index (χ1) is 12.4. The van der Waals surface area contributed by atoms with Crippen LogP contribution in [0.15, 0.2) is 36.7 Å². The second-order valence-corrected chi connectivity index (χ2v) is 10.0. The third-order valence-corrected chi connectivity index (χ3v) is 8.54. The Hall–Kier alpha value is -1.99. The highest BCUT2D eigenvalue weighted by atomic mass is 32.2. The molecule has 1 aromatic carbocycles. The van der Waals surface area contributed by atoms with E-state index in [0.29, 0.717) is 19.4 Å². The average molecular weight is 374 g/mol. The van der Waals surface area contributed by atoms with Gasteiger partial charge >= 0.3 is 5.97 Å². The number of benzene rings is 1. The van der Waals surface area contributed by atoms with Crippen LogP contribution < -0.4 is 5.32 Å². The van der Waals surface area contributed by atoms with E-state index >= 15 is 0 Å². The van der Waals surface area contributed by atoms with E-state index in [0.717, 1.165) is 16.3 Å². The predicted octanol–water partition coefficient (Wildman–Crippen LogP) is 2.13. The van der Waals surface area contributed by atoms with Crippen molar-refractivity contribution in [2.45, 2.75) is 43.0 Å². The van der Waals surface area contributed by atoms with Crippen molar-refractivity contribution < 1.29 is 18.3 Å². The fourth-order valence-electron chi connectivity index (χ4n) is 4.40. The maximum absolute atomic E-state index is 12.5. The number of hydrogen-bond donors (Lipinski definition) is 2. The molecule has 2 aromatic rings. The summed E-state index contributed by atoms with van der Waals surface area (Å²) in [6.45, 7) is 0.657. The quantitative estimate of drug-likeness (QED) is 0.851. The number of hydrogen-bond acceptors (Lipinski definition) is 5. The minimum atomic E-state index is -3.21. The normalized spacial score (nSPS) is 30.2. The van der Waals surface area contributed by atoms with Crippen molar-refractivity contribution in [2.75, 3.05) is 5.75 Å². The summed E-state index contributed by atoms with van der Waals surface area (Å²) in [6.07, 6.45) is 5.20. The molecule has 26 heavy (non-hydrogen) atoms. The number of carboxylic acids is 1. The lowest BCUT2D eigenvalue weighted by Gasteiger charge is -2.49. The number of nitrogens with one attached hydrogen (secondary N) is 1. The minimum absolute atomic E-state index is 0.0883. The lowest BCUT2D eigenvalue weighted by atomic mass is 9.70. The Bertz CT molecular complexity index is 946. The van der Waals surface area contributed by atoms with Crippen molar-refractivity contribution in [3.63, 3.8) is 0 Å². The molecule has 1 aliphatic carbocycles. The highest BCUT2D eigenvalue weighted by molar-refractivity contribution is 7.92. The maximum Gasteiger partial charge on any atom is 0.306 e. The van der Waals surface area contributed by atoms with Crippen LogP contribution in [0.4, 0.5) is 0 Å². The number of carboxylic acid groups (broad SMARTS) is 1. The first-order valence-electron chi connectivity index (χ1n) is 8.90. The van der Waals surface area contributed by atoms with E-state index in [1.807, 2.05) is 24.4 Å². The number of rotatable bonds is 4. The van der Waals surface area contributed by atoms with Gasteiger partial charge in [-0.2, -0.15) is 0 Å². The second kappa shape index (κ2) is 6.32. The van der Waals surface area contributed by atoms with Gasteiger partial charge in [0.2, 0.25) is 0 Å². The first-order valence-corrected chi connectivity index (χ1v) is 10.6. The Balaban J connectivity index is 1.47. The number of carbonyl (C=O) groups is 1. The van der Waals surface area contributed by atoms with Crippen LogP contribution in [0.3, 0.4) is 0 Å². The summed E-state index contributed by atoms with van der Waals surface area (Å²) in [5, 5.41) is 14.8. The molecule has 2 aliphatic rings. The molecule has 0 amide bonds. The molecular weight excluding hydrogens is 352 g/mol. The topological polar surface area (TPSA) is 96.4 Å². The molecule has 0 bridgehead atoms. The van der Waals surface area contributed by atoms with Crippen LogP contribution >= 0.6 is 0 Å². The summed E-state index contributed by atoms with van der Waals surface area (Å²) in [4.78, 5) is 15.3. The van der Waals surface area contributed by atoms with E-state index < -0.39 is 26.5 Å². The Labute approximate surface area is 152 Å². The van der Waals surface area contributed by atoms with E-state index in [4.69, 9.17) is 5.11 Å². The number of aliphatic carboxylic acids is 1. The zero-order valence-electron chi connectivity index (χ0n) is 14.4. The minimum Gasteiger partial charge on any atom is -0.481 e. The SMILES string of the molecule is O=C(O)C1CC2(CC(NCc3cccc4cnccc34)CCS2(=O)=O)C1. The highest BCUT2D eigenvalue weighted by Gasteiger charge is 2.58. The van der Waals surface area contributed by atoms with E-state index in [9.17, 15) is 13.2 Å². The highest BCUT2D eigenvalue weighted by Crippen LogP contribution is 2.50. The molecule has 1 aromatic heterocycles. The monoisotopic (exact) mass is 374 g/mol. The number of nitrogens with zero attached hydrogens (tertiary/aromatic N) is 1. The summed E-state index contributed by atoms with van der Waals surface area (Å²) < 4.78 is 24.2. The van der Waals surface area contributed by atoms with Crippen LogP contribution in [0.25, 0.3) is 10.8 Å². The Kier molecular flexibility index (Phi) is 4.23. The van der Waals surface area contributed by atoms with Crippen molar-refractivity contribution in [1.29, 1.82) is 0 Å².